The van der Waals surface area contributed by atoms with Crippen molar-refractivity contribution in [3.8, 4) is 11.3 Å². The molecular weight excluding hydrogens is 388 g/mol. The molecule has 0 radical (unpaired) electrons. The van der Waals surface area contributed by atoms with Crippen LogP contribution in [0, 0.1) is 0 Å². The van der Waals surface area contributed by atoms with Gasteiger partial charge in [0.1, 0.15) is 0 Å². The van der Waals surface area contributed by atoms with E-state index in [2.05, 4.69) is 10.2 Å². The Hall–Kier alpha value is -2.97. The lowest BCUT2D eigenvalue weighted by Gasteiger charge is -2.17. The van der Waals surface area contributed by atoms with Crippen LogP contribution in [0.15, 0.2) is 65.6 Å². The van der Waals surface area contributed by atoms with Crippen LogP contribution in [0.3, 0.4) is 0 Å². The predicted molar refractivity (Wildman–Crippen MR) is 112 cm³/mol. The van der Waals surface area contributed by atoms with Crippen molar-refractivity contribution in [1.82, 2.24) is 15.1 Å². The number of nitrogens with zero attached hydrogens (tertiary/aromatic N) is 2. The van der Waals surface area contributed by atoms with Crippen LogP contribution in [0.2, 0.25) is 0 Å². The Bertz CT molecular complexity index is 1060. The van der Waals surface area contributed by atoms with Crippen molar-refractivity contribution in [3.63, 3.8) is 0 Å². The summed E-state index contributed by atoms with van der Waals surface area (Å²) in [5, 5.41) is 12.5. The molecule has 3 aromatic rings. The van der Waals surface area contributed by atoms with E-state index < -0.39 is 10.0 Å². The zero-order chi connectivity index (χ0) is 20.9. The monoisotopic (exact) mass is 412 g/mol. The Morgan fingerprint density at radius 1 is 1.10 bits per heavy atom. The van der Waals surface area contributed by atoms with Crippen LogP contribution < -0.4 is 5.14 Å². The number of carbonyl (C=O) groups excluding carboxylic acids is 1. The van der Waals surface area contributed by atoms with Gasteiger partial charge in [0, 0.05) is 24.8 Å². The lowest BCUT2D eigenvalue weighted by Crippen LogP contribution is -2.29. The Kier molecular flexibility index (Phi) is 6.46. The molecule has 0 spiro atoms. The third-order valence-corrected chi connectivity index (χ3v) is 5.60. The van der Waals surface area contributed by atoms with Crippen LogP contribution in [0.5, 0.6) is 0 Å². The SMILES string of the molecule is CN(CCCc1cc(-c2ccccc2)n[nH]1)C(=O)Cc1ccc(S(N)(=O)=O)cc1. The fourth-order valence-corrected chi connectivity index (χ4v) is 3.50. The molecule has 3 rings (SSSR count). The maximum absolute atomic E-state index is 12.4. The number of aryl methyl sites for hydroxylation is 1. The van der Waals surface area contributed by atoms with Crippen molar-refractivity contribution < 1.29 is 13.2 Å². The maximum Gasteiger partial charge on any atom is 0.238 e. The zero-order valence-electron chi connectivity index (χ0n) is 16.2. The number of amides is 1. The molecule has 1 heterocycles. The zero-order valence-corrected chi connectivity index (χ0v) is 17.0. The Morgan fingerprint density at radius 2 is 1.79 bits per heavy atom. The molecule has 2 aromatic carbocycles. The molecule has 29 heavy (non-hydrogen) atoms. The largest absolute Gasteiger partial charge is 0.345 e. The van der Waals surface area contributed by atoms with E-state index in [-0.39, 0.29) is 17.2 Å². The van der Waals surface area contributed by atoms with Crippen molar-refractivity contribution in [3.05, 3.63) is 71.9 Å². The number of likely N-dealkylation sites (N-methyl/N-ethyl adjacent to an activating group) is 1. The summed E-state index contributed by atoms with van der Waals surface area (Å²) in [6, 6.07) is 18.1. The van der Waals surface area contributed by atoms with Crippen molar-refractivity contribution in [2.75, 3.05) is 13.6 Å². The highest BCUT2D eigenvalue weighted by atomic mass is 32.2. The molecule has 0 fully saturated rings. The second kappa shape index (κ2) is 9.02. The third-order valence-electron chi connectivity index (χ3n) is 4.67. The molecule has 1 aromatic heterocycles. The standard InChI is InChI=1S/C21H24N4O3S/c1-25(21(26)14-16-9-11-19(12-10-16)29(22,27)28)13-5-8-18-15-20(24-23-18)17-6-3-2-4-7-17/h2-4,6-7,9-12,15H,5,8,13-14H2,1H3,(H,23,24)(H2,22,27,28). The van der Waals surface area contributed by atoms with Gasteiger partial charge in [0.25, 0.3) is 0 Å². The molecule has 152 valence electrons. The van der Waals surface area contributed by atoms with Gasteiger partial charge in [-0.2, -0.15) is 5.10 Å². The van der Waals surface area contributed by atoms with Crippen LogP contribution in [-0.2, 0) is 27.7 Å². The average molecular weight is 413 g/mol. The van der Waals surface area contributed by atoms with Gasteiger partial charge in [-0.1, -0.05) is 42.5 Å². The number of rotatable bonds is 8. The minimum absolute atomic E-state index is 0.0251. The Morgan fingerprint density at radius 3 is 2.45 bits per heavy atom. The first-order valence-electron chi connectivity index (χ1n) is 9.28. The summed E-state index contributed by atoms with van der Waals surface area (Å²) in [4.78, 5) is 14.1. The van der Waals surface area contributed by atoms with Crippen LogP contribution in [0.4, 0.5) is 0 Å². The summed E-state index contributed by atoms with van der Waals surface area (Å²) >= 11 is 0. The lowest BCUT2D eigenvalue weighted by atomic mass is 10.1. The fraction of sp³-hybridized carbons (Fsp3) is 0.238. The number of benzene rings is 2. The van der Waals surface area contributed by atoms with Crippen LogP contribution in [0.25, 0.3) is 11.3 Å². The van der Waals surface area contributed by atoms with Gasteiger partial charge < -0.3 is 4.90 Å². The number of sulfonamides is 1. The number of H-pyrrole nitrogens is 1. The van der Waals surface area contributed by atoms with E-state index in [9.17, 15) is 13.2 Å². The third kappa shape index (κ3) is 5.75. The number of nitrogens with two attached hydrogens (primary N) is 1. The fourth-order valence-electron chi connectivity index (χ4n) is 2.98. The van der Waals surface area contributed by atoms with E-state index in [0.717, 1.165) is 35.4 Å². The highest BCUT2D eigenvalue weighted by Gasteiger charge is 2.12. The van der Waals surface area contributed by atoms with E-state index in [0.29, 0.717) is 6.54 Å². The Labute approximate surface area is 170 Å². The van der Waals surface area contributed by atoms with E-state index in [1.54, 1.807) is 24.1 Å². The van der Waals surface area contributed by atoms with Crippen molar-refractivity contribution in [2.45, 2.75) is 24.2 Å². The Balaban J connectivity index is 1.47. The summed E-state index contributed by atoms with van der Waals surface area (Å²) in [5.41, 5.74) is 3.75. The maximum atomic E-state index is 12.4. The number of carbonyl (C=O) groups is 1. The molecule has 3 N–H and O–H groups in total. The molecule has 0 aliphatic rings. The van der Waals surface area contributed by atoms with Gasteiger partial charge in [0.05, 0.1) is 17.0 Å². The molecule has 0 aliphatic heterocycles. The molecule has 0 bridgehead atoms. The van der Waals surface area contributed by atoms with Gasteiger partial charge in [-0.15, -0.1) is 0 Å². The average Bonchev–Trinajstić information content (AvgIpc) is 3.17. The summed E-state index contributed by atoms with van der Waals surface area (Å²) in [6.07, 6.45) is 1.81. The number of aromatic nitrogens is 2. The number of hydrogen-bond donors (Lipinski definition) is 2. The van der Waals surface area contributed by atoms with Crippen molar-refractivity contribution in [2.24, 2.45) is 5.14 Å². The van der Waals surface area contributed by atoms with Crippen LogP contribution in [0.1, 0.15) is 17.7 Å². The van der Waals surface area contributed by atoms with Crippen LogP contribution >= 0.6 is 0 Å². The lowest BCUT2D eigenvalue weighted by molar-refractivity contribution is -0.129. The molecule has 8 heteroatoms. The number of hydrogen-bond acceptors (Lipinski definition) is 4. The van der Waals surface area contributed by atoms with Crippen molar-refractivity contribution in [1.29, 1.82) is 0 Å². The first-order valence-corrected chi connectivity index (χ1v) is 10.8. The topological polar surface area (TPSA) is 109 Å². The van der Waals surface area contributed by atoms with Crippen LogP contribution in [-0.4, -0.2) is 43.0 Å². The summed E-state index contributed by atoms with van der Waals surface area (Å²) in [7, 11) is -1.96. The molecule has 0 saturated carbocycles. The van der Waals surface area contributed by atoms with Gasteiger partial charge in [-0.3, -0.25) is 9.89 Å². The van der Waals surface area contributed by atoms with Gasteiger partial charge in [-0.25, -0.2) is 13.6 Å². The second-order valence-electron chi connectivity index (χ2n) is 6.93. The van der Waals surface area contributed by atoms with E-state index >= 15 is 0 Å². The first kappa shape index (κ1) is 20.8. The molecule has 0 unspecified atom stereocenters. The normalized spacial score (nSPS) is 11.4. The quantitative estimate of drug-likeness (QED) is 0.592. The number of primary sulfonamides is 1. The van der Waals surface area contributed by atoms with E-state index in [1.807, 2.05) is 36.4 Å². The molecule has 0 atom stereocenters. The molecule has 1 amide bonds. The summed E-state index contributed by atoms with van der Waals surface area (Å²) in [6.45, 7) is 0.619. The van der Waals surface area contributed by atoms with Crippen molar-refractivity contribution >= 4 is 15.9 Å². The van der Waals surface area contributed by atoms with Gasteiger partial charge in [0.15, 0.2) is 0 Å². The predicted octanol–water partition coefficient (Wildman–Crippen LogP) is 2.36. The summed E-state index contributed by atoms with van der Waals surface area (Å²) < 4.78 is 22.6. The number of aromatic amines is 1. The minimum Gasteiger partial charge on any atom is -0.345 e. The van der Waals surface area contributed by atoms with Gasteiger partial charge in [0.2, 0.25) is 15.9 Å². The second-order valence-corrected chi connectivity index (χ2v) is 8.49. The highest BCUT2D eigenvalue weighted by Crippen LogP contribution is 2.17. The smallest absolute Gasteiger partial charge is 0.238 e. The van der Waals surface area contributed by atoms with E-state index in [4.69, 9.17) is 5.14 Å². The highest BCUT2D eigenvalue weighted by molar-refractivity contribution is 7.89. The minimum atomic E-state index is -3.72. The molecule has 7 nitrogen and oxygen atoms in total. The first-order chi connectivity index (χ1) is 13.8. The molecular formula is C21H24N4O3S. The van der Waals surface area contributed by atoms with Gasteiger partial charge >= 0.3 is 0 Å². The van der Waals surface area contributed by atoms with E-state index in [1.165, 1.54) is 12.1 Å². The summed E-state index contributed by atoms with van der Waals surface area (Å²) in [5.74, 6) is -0.0251. The number of nitrogens with one attached hydrogen (secondary N) is 1. The molecule has 0 aliphatic carbocycles. The molecule has 0 saturated heterocycles. The van der Waals surface area contributed by atoms with Gasteiger partial charge in [-0.05, 0) is 36.6 Å².